The van der Waals surface area contributed by atoms with E-state index in [9.17, 15) is 13.2 Å². The molecule has 0 bridgehead atoms. The van der Waals surface area contributed by atoms with Gasteiger partial charge in [0.25, 0.3) is 16.0 Å². The van der Waals surface area contributed by atoms with Gasteiger partial charge in [-0.2, -0.15) is 8.42 Å². The molecule has 0 saturated carbocycles. The number of aryl methyl sites for hydroxylation is 1. The maximum absolute atomic E-state index is 12.3. The topological polar surface area (TPSA) is 86.1 Å². The van der Waals surface area contributed by atoms with Gasteiger partial charge >= 0.3 is 0 Å². The van der Waals surface area contributed by atoms with Crippen LogP contribution in [0.1, 0.15) is 16.1 Å². The number of benzene rings is 1. The summed E-state index contributed by atoms with van der Waals surface area (Å²) in [6.07, 6.45) is 0.912. The third-order valence-corrected chi connectivity index (χ3v) is 5.17. The van der Waals surface area contributed by atoms with Crippen LogP contribution in [-0.2, 0) is 19.0 Å². The number of amides is 1. The standard InChI is InChI=1S/C17H19NO6S/c1-13-4-6-15(7-5-13)25(20,21)24-12-14-11-18(8-10-22-14)17(19)16-3-2-9-23-16/h2-7,9,14H,8,10-12H2,1H3. The summed E-state index contributed by atoms with van der Waals surface area (Å²) in [7, 11) is -3.86. The van der Waals surface area contributed by atoms with Gasteiger partial charge in [-0.3, -0.25) is 8.98 Å². The fraction of sp³-hybridized carbons (Fsp3) is 0.353. The largest absolute Gasteiger partial charge is 0.459 e. The summed E-state index contributed by atoms with van der Waals surface area (Å²) in [5.74, 6) is -0.00598. The van der Waals surface area contributed by atoms with Crippen molar-refractivity contribution in [2.45, 2.75) is 17.9 Å². The van der Waals surface area contributed by atoms with Gasteiger partial charge in [-0.25, -0.2) is 0 Å². The lowest BCUT2D eigenvalue weighted by Gasteiger charge is -2.32. The number of carbonyl (C=O) groups is 1. The first-order valence-corrected chi connectivity index (χ1v) is 9.27. The first-order valence-electron chi connectivity index (χ1n) is 7.86. The molecule has 2 heterocycles. The maximum atomic E-state index is 12.3. The van der Waals surface area contributed by atoms with E-state index in [1.165, 1.54) is 18.4 Å². The molecule has 0 N–H and O–H groups in total. The van der Waals surface area contributed by atoms with E-state index in [1.807, 2.05) is 6.92 Å². The summed E-state index contributed by atoms with van der Waals surface area (Å²) in [6, 6.07) is 9.64. The van der Waals surface area contributed by atoms with Gasteiger partial charge in [0.1, 0.15) is 0 Å². The van der Waals surface area contributed by atoms with Crippen LogP contribution in [-0.4, -0.2) is 51.6 Å². The van der Waals surface area contributed by atoms with Crippen LogP contribution in [0.15, 0.2) is 52.0 Å². The van der Waals surface area contributed by atoms with E-state index in [2.05, 4.69) is 0 Å². The van der Waals surface area contributed by atoms with Crippen molar-refractivity contribution in [2.24, 2.45) is 0 Å². The Morgan fingerprint density at radius 1 is 1.28 bits per heavy atom. The number of furan rings is 1. The molecule has 1 atom stereocenters. The van der Waals surface area contributed by atoms with Gasteiger partial charge in [0.15, 0.2) is 5.76 Å². The molecular formula is C17H19NO6S. The van der Waals surface area contributed by atoms with Crippen molar-refractivity contribution in [3.63, 3.8) is 0 Å². The van der Waals surface area contributed by atoms with Gasteiger partial charge in [0, 0.05) is 13.1 Å². The van der Waals surface area contributed by atoms with Crippen LogP contribution in [0, 0.1) is 6.92 Å². The van der Waals surface area contributed by atoms with Crippen molar-refractivity contribution in [3.05, 3.63) is 54.0 Å². The summed E-state index contributed by atoms with van der Waals surface area (Å²) < 4.78 is 40.1. The third-order valence-electron chi connectivity index (χ3n) is 3.88. The van der Waals surface area contributed by atoms with Crippen LogP contribution in [0.2, 0.25) is 0 Å². The molecule has 3 rings (SSSR count). The normalized spacial score (nSPS) is 18.3. The molecule has 0 aliphatic carbocycles. The Morgan fingerprint density at radius 2 is 2.04 bits per heavy atom. The Balaban J connectivity index is 1.59. The van der Waals surface area contributed by atoms with Crippen molar-refractivity contribution in [2.75, 3.05) is 26.3 Å². The molecule has 1 saturated heterocycles. The Kier molecular flexibility index (Phi) is 5.22. The highest BCUT2D eigenvalue weighted by molar-refractivity contribution is 7.86. The highest BCUT2D eigenvalue weighted by atomic mass is 32.2. The van der Waals surface area contributed by atoms with E-state index >= 15 is 0 Å². The van der Waals surface area contributed by atoms with Crippen molar-refractivity contribution in [3.8, 4) is 0 Å². The van der Waals surface area contributed by atoms with Crippen molar-refractivity contribution >= 4 is 16.0 Å². The number of ether oxygens (including phenoxy) is 1. The Hall–Kier alpha value is -2.16. The first kappa shape index (κ1) is 17.7. The van der Waals surface area contributed by atoms with Crippen LogP contribution in [0.25, 0.3) is 0 Å². The molecule has 7 nitrogen and oxygen atoms in total. The van der Waals surface area contributed by atoms with Gasteiger partial charge in [0.2, 0.25) is 0 Å². The van der Waals surface area contributed by atoms with Crippen LogP contribution in [0.4, 0.5) is 0 Å². The second-order valence-corrected chi connectivity index (χ2v) is 7.39. The highest BCUT2D eigenvalue weighted by Crippen LogP contribution is 2.16. The van der Waals surface area contributed by atoms with Crippen LogP contribution in [0.3, 0.4) is 0 Å². The number of hydrogen-bond acceptors (Lipinski definition) is 6. The summed E-state index contributed by atoms with van der Waals surface area (Å²) in [5, 5.41) is 0. The monoisotopic (exact) mass is 365 g/mol. The van der Waals surface area contributed by atoms with Gasteiger partial charge in [-0.15, -0.1) is 0 Å². The highest BCUT2D eigenvalue weighted by Gasteiger charge is 2.28. The van der Waals surface area contributed by atoms with Crippen LogP contribution in [0.5, 0.6) is 0 Å². The lowest BCUT2D eigenvalue weighted by Crippen LogP contribution is -2.47. The lowest BCUT2D eigenvalue weighted by molar-refractivity contribution is -0.0398. The zero-order valence-corrected chi connectivity index (χ0v) is 14.6. The minimum Gasteiger partial charge on any atom is -0.459 e. The van der Waals surface area contributed by atoms with Gasteiger partial charge < -0.3 is 14.1 Å². The van der Waals surface area contributed by atoms with E-state index < -0.39 is 16.2 Å². The van der Waals surface area contributed by atoms with E-state index in [1.54, 1.807) is 29.2 Å². The van der Waals surface area contributed by atoms with Crippen molar-refractivity contribution < 1.29 is 26.5 Å². The predicted molar refractivity (Wildman–Crippen MR) is 88.7 cm³/mol. The lowest BCUT2D eigenvalue weighted by atomic mass is 10.2. The number of rotatable bonds is 5. The molecule has 2 aromatic rings. The minimum absolute atomic E-state index is 0.0948. The van der Waals surface area contributed by atoms with E-state index in [0.29, 0.717) is 13.2 Å². The zero-order valence-electron chi connectivity index (χ0n) is 13.8. The quantitative estimate of drug-likeness (QED) is 0.752. The minimum atomic E-state index is -3.86. The number of carbonyl (C=O) groups excluding carboxylic acids is 1. The van der Waals surface area contributed by atoms with E-state index in [0.717, 1.165) is 5.56 Å². The average Bonchev–Trinajstić information content (AvgIpc) is 3.15. The molecule has 1 aromatic carbocycles. The molecule has 134 valence electrons. The molecule has 1 aromatic heterocycles. The summed E-state index contributed by atoms with van der Waals surface area (Å²) >= 11 is 0. The second kappa shape index (κ2) is 7.38. The Morgan fingerprint density at radius 3 is 2.72 bits per heavy atom. The van der Waals surface area contributed by atoms with E-state index in [4.69, 9.17) is 13.3 Å². The molecule has 8 heteroatoms. The van der Waals surface area contributed by atoms with Gasteiger partial charge in [-0.1, -0.05) is 17.7 Å². The fourth-order valence-electron chi connectivity index (χ4n) is 2.50. The number of nitrogens with zero attached hydrogens (tertiary/aromatic N) is 1. The molecule has 1 aliphatic heterocycles. The molecule has 1 fully saturated rings. The summed E-state index contributed by atoms with van der Waals surface area (Å²) in [4.78, 5) is 13.9. The average molecular weight is 365 g/mol. The number of morpholine rings is 1. The third kappa shape index (κ3) is 4.28. The zero-order chi connectivity index (χ0) is 17.9. The summed E-state index contributed by atoms with van der Waals surface area (Å²) in [5.41, 5.74) is 0.960. The molecule has 1 aliphatic rings. The molecule has 1 unspecified atom stereocenters. The second-order valence-electron chi connectivity index (χ2n) is 5.77. The first-order chi connectivity index (χ1) is 12.0. The summed E-state index contributed by atoms with van der Waals surface area (Å²) in [6.45, 7) is 2.69. The Labute approximate surface area is 146 Å². The van der Waals surface area contributed by atoms with E-state index in [-0.39, 0.29) is 29.7 Å². The fourth-order valence-corrected chi connectivity index (χ4v) is 3.44. The SMILES string of the molecule is Cc1ccc(S(=O)(=O)OCC2CN(C(=O)c3ccco3)CCO2)cc1. The smallest absolute Gasteiger partial charge is 0.297 e. The maximum Gasteiger partial charge on any atom is 0.297 e. The van der Waals surface area contributed by atoms with Gasteiger partial charge in [-0.05, 0) is 31.2 Å². The predicted octanol–water partition coefficient (Wildman–Crippen LogP) is 1.83. The van der Waals surface area contributed by atoms with Gasteiger partial charge in [0.05, 0.1) is 30.5 Å². The molecule has 25 heavy (non-hydrogen) atoms. The molecule has 1 amide bonds. The van der Waals surface area contributed by atoms with Crippen LogP contribution >= 0.6 is 0 Å². The van der Waals surface area contributed by atoms with Crippen molar-refractivity contribution in [1.82, 2.24) is 4.90 Å². The molecule has 0 radical (unpaired) electrons. The Bertz CT molecular complexity index is 813. The molecule has 0 spiro atoms. The van der Waals surface area contributed by atoms with Crippen LogP contribution < -0.4 is 0 Å². The number of hydrogen-bond donors (Lipinski definition) is 0. The molecular weight excluding hydrogens is 346 g/mol. The van der Waals surface area contributed by atoms with Crippen molar-refractivity contribution in [1.29, 1.82) is 0 Å².